The van der Waals surface area contributed by atoms with Gasteiger partial charge in [0.15, 0.2) is 5.78 Å². The van der Waals surface area contributed by atoms with E-state index in [-0.39, 0.29) is 5.56 Å². The van der Waals surface area contributed by atoms with Gasteiger partial charge >= 0.3 is 0 Å². The Kier molecular flexibility index (Phi) is 3.87. The number of fused-ring (bicyclic) bond motifs is 1. The summed E-state index contributed by atoms with van der Waals surface area (Å²) in [5.74, 6) is -2.92. The lowest BCUT2D eigenvalue weighted by Gasteiger charge is -2.15. The Hall–Kier alpha value is -3.76. The van der Waals surface area contributed by atoms with E-state index in [0.717, 1.165) is 17.1 Å². The lowest BCUT2D eigenvalue weighted by Crippen LogP contribution is -2.11. The van der Waals surface area contributed by atoms with Crippen LogP contribution >= 0.6 is 0 Å². The van der Waals surface area contributed by atoms with Gasteiger partial charge < -0.3 is 15.0 Å². The lowest BCUT2D eigenvalue weighted by molar-refractivity contribution is -0.114. The first kappa shape index (κ1) is 11.9. The molecule has 1 aromatic heterocycles. The molecular weight excluding hydrogens is 419 g/mol. The van der Waals surface area contributed by atoms with Crippen molar-refractivity contribution in [1.29, 1.82) is 5.26 Å². The molecule has 0 saturated heterocycles. The second-order valence-electron chi connectivity index (χ2n) is 6.88. The van der Waals surface area contributed by atoms with E-state index in [1.54, 1.807) is 6.07 Å². The molecule has 2 aromatic carbocycles. The number of carbonyl (C=O) groups is 1. The van der Waals surface area contributed by atoms with Gasteiger partial charge in [0, 0.05) is 48.6 Å². The number of nitrogens with one attached hydrogen (secondary N) is 1. The molecule has 170 valence electrons. The second kappa shape index (κ2) is 10.7. The molecule has 0 amide bonds. The summed E-state index contributed by atoms with van der Waals surface area (Å²) < 4.78 is 125. The number of nitrogens with zero attached hydrogens (tertiary/aromatic N) is 3. The predicted octanol–water partition coefficient (Wildman–Crippen LogP) is 4.93. The SMILES string of the molecule is [2H]c1nc2c([2H])c(OC([2H])([2H])C([2H])([2H])[2H])c(CC(=O)/C=C/C([2H])([2H])N(C)C)c([2H])c2c(Nc2c([2H])c([2H])c(F)c(C)c2[2H])c1C#N. The molecule has 1 heterocycles. The van der Waals surface area contributed by atoms with E-state index in [4.69, 9.17) is 22.6 Å². The highest BCUT2D eigenvalue weighted by Crippen LogP contribution is 2.34. The maximum absolute atomic E-state index is 14.4. The minimum absolute atomic E-state index is 0.336. The van der Waals surface area contributed by atoms with Crippen LogP contribution in [-0.2, 0) is 11.2 Å². The molecule has 0 spiro atoms. The normalized spacial score (nSPS) is 18.1. The van der Waals surface area contributed by atoms with Gasteiger partial charge in [0.05, 0.1) is 34.3 Å². The number of nitriles is 1. The Morgan fingerprint density at radius 3 is 2.97 bits per heavy atom. The fourth-order valence-corrected chi connectivity index (χ4v) is 2.72. The second-order valence-corrected chi connectivity index (χ2v) is 6.88. The minimum Gasteiger partial charge on any atom is -0.494 e. The smallest absolute Gasteiger partial charge is 0.159 e. The van der Waals surface area contributed by atoms with E-state index in [0.29, 0.717) is 0 Å². The fraction of sp³-hybridized carbons (Fsp3) is 0.269. The largest absolute Gasteiger partial charge is 0.494 e. The van der Waals surface area contributed by atoms with Gasteiger partial charge in [-0.05, 0) is 63.7 Å². The number of ketones is 1. The van der Waals surface area contributed by atoms with Crippen LogP contribution in [0.5, 0.6) is 5.75 Å². The average molecular weight is 460 g/mol. The van der Waals surface area contributed by atoms with Gasteiger partial charge in [0.2, 0.25) is 0 Å². The van der Waals surface area contributed by atoms with Crippen molar-refractivity contribution in [2.45, 2.75) is 20.2 Å². The summed E-state index contributed by atoms with van der Waals surface area (Å²) in [6, 6.07) is -2.26. The molecule has 0 atom stereocenters. The number of aromatic nitrogens is 1. The van der Waals surface area contributed by atoms with Crippen LogP contribution in [0.1, 0.15) is 41.4 Å². The van der Waals surface area contributed by atoms with Crippen LogP contribution in [-0.4, -0.2) is 42.8 Å². The zero-order chi connectivity index (χ0) is 35.3. The highest BCUT2D eigenvalue weighted by atomic mass is 19.1. The van der Waals surface area contributed by atoms with Crippen molar-refractivity contribution in [3.63, 3.8) is 0 Å². The molecule has 33 heavy (non-hydrogen) atoms. The molecule has 3 aromatic rings. The molecule has 1 N–H and O–H groups in total. The summed E-state index contributed by atoms with van der Waals surface area (Å²) >= 11 is 0. The van der Waals surface area contributed by atoms with Crippen LogP contribution in [0.3, 0.4) is 0 Å². The van der Waals surface area contributed by atoms with Crippen LogP contribution in [0.25, 0.3) is 10.9 Å². The zero-order valence-corrected chi connectivity index (χ0v) is 17.9. The van der Waals surface area contributed by atoms with Gasteiger partial charge in [0.1, 0.15) is 17.6 Å². The van der Waals surface area contributed by atoms with Gasteiger partial charge in [-0.15, -0.1) is 0 Å². The molecule has 6 nitrogen and oxygen atoms in total. The average Bonchev–Trinajstić information content (AvgIpc) is 2.95. The summed E-state index contributed by atoms with van der Waals surface area (Å²) in [7, 11) is 2.81. The van der Waals surface area contributed by atoms with E-state index in [9.17, 15) is 14.4 Å². The summed E-state index contributed by atoms with van der Waals surface area (Å²) in [6.07, 6.45) is 0.0722. The quantitative estimate of drug-likeness (QED) is 0.457. The third-order valence-electron chi connectivity index (χ3n) is 4.21. The summed E-state index contributed by atoms with van der Waals surface area (Å²) in [5.41, 5.74) is -3.05. The van der Waals surface area contributed by atoms with E-state index in [1.165, 1.54) is 21.0 Å². The number of halogens is 1. The Bertz CT molecular complexity index is 1790. The first-order chi connectivity index (χ1) is 21.0. The number of carbonyl (C=O) groups excluding carboxylic acids is 1. The molecule has 0 bridgehead atoms. The Labute approximate surface area is 211 Å². The van der Waals surface area contributed by atoms with Gasteiger partial charge in [-0.1, -0.05) is 6.08 Å². The van der Waals surface area contributed by atoms with Gasteiger partial charge in [-0.3, -0.25) is 9.78 Å². The van der Waals surface area contributed by atoms with E-state index in [1.807, 2.05) is 0 Å². The first-order valence-corrected chi connectivity index (χ1v) is 9.46. The number of pyridine rings is 1. The third-order valence-corrected chi connectivity index (χ3v) is 4.21. The molecule has 0 radical (unpaired) electrons. The molecule has 0 aliphatic rings. The topological polar surface area (TPSA) is 78.2 Å². The number of ether oxygens (including phenoxy) is 1. The summed E-state index contributed by atoms with van der Waals surface area (Å²) in [6.45, 7) is -7.82. The standard InChI is InChI=1S/C26H27FN4O2/c1-5-33-25-14-24-22(13-18(25)12-21(32)7-6-10-31(3)4)26(19(15-28)16-29-24)30-20-8-9-23(27)17(2)11-20/h6-9,11,13-14,16H,5,10,12H2,1-4H3,(H,29,30)/b7-6+/i1D3,5D2,8D,9D,10D2,11D,13D,14D,16D. The van der Waals surface area contributed by atoms with Crippen LogP contribution in [0.2, 0.25) is 0 Å². The lowest BCUT2D eigenvalue weighted by atomic mass is 10.0. The Morgan fingerprint density at radius 1 is 1.42 bits per heavy atom. The van der Waals surface area contributed by atoms with E-state index >= 15 is 0 Å². The maximum Gasteiger partial charge on any atom is 0.159 e. The van der Waals surface area contributed by atoms with Crippen LogP contribution in [0, 0.1) is 24.1 Å². The fourth-order valence-electron chi connectivity index (χ4n) is 2.72. The molecule has 0 aliphatic heterocycles. The number of hydrogen-bond donors (Lipinski definition) is 1. The van der Waals surface area contributed by atoms with E-state index in [2.05, 4.69) is 10.3 Å². The highest BCUT2D eigenvalue weighted by Gasteiger charge is 2.16. The highest BCUT2D eigenvalue weighted by molar-refractivity contribution is 5.98. The maximum atomic E-state index is 14.4. The van der Waals surface area contributed by atoms with Gasteiger partial charge in [-0.25, -0.2) is 4.39 Å². The van der Waals surface area contributed by atoms with Crippen molar-refractivity contribution in [3.05, 3.63) is 71.0 Å². The summed E-state index contributed by atoms with van der Waals surface area (Å²) in [5, 5.41) is 12.0. The zero-order valence-electron chi connectivity index (χ0n) is 30.9. The molecule has 7 heteroatoms. The molecule has 0 saturated carbocycles. The number of anilines is 2. The molecule has 0 unspecified atom stereocenters. The number of rotatable bonds is 9. The first-order valence-electron chi connectivity index (χ1n) is 16.0. The monoisotopic (exact) mass is 459 g/mol. The number of benzene rings is 2. The van der Waals surface area contributed by atoms with Gasteiger partial charge in [0.25, 0.3) is 0 Å². The number of allylic oxidation sites excluding steroid dienone is 1. The Balaban J connectivity index is 2.46. The predicted molar refractivity (Wildman–Crippen MR) is 128 cm³/mol. The van der Waals surface area contributed by atoms with Crippen molar-refractivity contribution in [1.82, 2.24) is 9.88 Å². The van der Waals surface area contributed by atoms with Gasteiger partial charge in [-0.2, -0.15) is 5.26 Å². The van der Waals surface area contributed by atoms with Crippen molar-refractivity contribution >= 4 is 28.1 Å². The van der Waals surface area contributed by atoms with Crippen LogP contribution in [0.4, 0.5) is 15.8 Å². The minimum atomic E-state index is -3.47. The van der Waals surface area contributed by atoms with Crippen molar-refractivity contribution < 1.29 is 31.7 Å². The molecule has 3 rings (SSSR count). The molecule has 0 fully saturated rings. The van der Waals surface area contributed by atoms with Crippen molar-refractivity contribution in [2.75, 3.05) is 32.5 Å². The summed E-state index contributed by atoms with van der Waals surface area (Å²) in [4.78, 5) is 18.1. The molecule has 0 aliphatic carbocycles. The molecular formula is C26H27FN4O2. The van der Waals surface area contributed by atoms with Crippen LogP contribution < -0.4 is 10.1 Å². The number of likely N-dealkylation sites (N-methyl/N-ethyl adjacent to an activating group) is 1. The van der Waals surface area contributed by atoms with Crippen molar-refractivity contribution in [3.8, 4) is 11.8 Å². The van der Waals surface area contributed by atoms with Crippen molar-refractivity contribution in [2.24, 2.45) is 0 Å². The number of hydrogen-bond acceptors (Lipinski definition) is 6. The van der Waals surface area contributed by atoms with E-state index < -0.39 is 113 Å². The van der Waals surface area contributed by atoms with Crippen LogP contribution in [0.15, 0.2) is 48.5 Å². The third kappa shape index (κ3) is 5.93. The Morgan fingerprint density at radius 2 is 2.24 bits per heavy atom.